The number of halogens is 1. The third-order valence-electron chi connectivity index (χ3n) is 5.90. The van der Waals surface area contributed by atoms with Gasteiger partial charge in [0.15, 0.2) is 0 Å². The number of allylic oxidation sites excluding steroid dienone is 1. The molecule has 3 aromatic rings. The Hall–Kier alpha value is -2.47. The van der Waals surface area contributed by atoms with Gasteiger partial charge >= 0.3 is 0 Å². The molecule has 1 N–H and O–H groups in total. The molecule has 1 aliphatic heterocycles. The lowest BCUT2D eigenvalue weighted by Gasteiger charge is -2.30. The van der Waals surface area contributed by atoms with E-state index in [1.165, 1.54) is 6.42 Å². The van der Waals surface area contributed by atoms with Crippen LogP contribution in [0.25, 0.3) is 11.1 Å². The molecule has 1 aliphatic rings. The van der Waals surface area contributed by atoms with E-state index in [2.05, 4.69) is 16.8 Å². The Labute approximate surface area is 198 Å². The van der Waals surface area contributed by atoms with Crippen LogP contribution in [0.4, 0.5) is 5.69 Å². The summed E-state index contributed by atoms with van der Waals surface area (Å²) in [5.41, 5.74) is 3.22. The molecule has 4 rings (SSSR count). The minimum Gasteiger partial charge on any atom is -0.320 e. The van der Waals surface area contributed by atoms with E-state index in [0.29, 0.717) is 16.6 Å². The highest BCUT2D eigenvalue weighted by Crippen LogP contribution is 2.32. The Morgan fingerprint density at radius 2 is 1.94 bits per heavy atom. The molecule has 1 fully saturated rings. The minimum atomic E-state index is -0.171. The maximum absolute atomic E-state index is 12.9. The second-order valence-corrected chi connectivity index (χ2v) is 9.45. The van der Waals surface area contributed by atoms with Crippen molar-refractivity contribution in [3.05, 3.63) is 82.3 Å². The molecular weight excluding hydrogens is 438 g/mol. The van der Waals surface area contributed by atoms with Gasteiger partial charge in [0, 0.05) is 27.6 Å². The summed E-state index contributed by atoms with van der Waals surface area (Å²) in [5, 5.41) is 6.69. The van der Waals surface area contributed by atoms with Crippen LogP contribution in [0.1, 0.15) is 47.1 Å². The number of amides is 1. The average molecular weight is 466 g/mol. The molecule has 1 aromatic heterocycles. The molecule has 0 unspecified atom stereocenters. The van der Waals surface area contributed by atoms with Gasteiger partial charge in [0.2, 0.25) is 0 Å². The smallest absolute Gasteiger partial charge is 0.275 e. The highest BCUT2D eigenvalue weighted by Gasteiger charge is 2.24. The van der Waals surface area contributed by atoms with E-state index in [9.17, 15) is 4.79 Å². The van der Waals surface area contributed by atoms with E-state index < -0.39 is 0 Å². The summed E-state index contributed by atoms with van der Waals surface area (Å²) in [7, 11) is 0. The van der Waals surface area contributed by atoms with Crippen LogP contribution in [0.15, 0.2) is 66.6 Å². The number of hydrogen-bond acceptors (Lipinski definition) is 4. The SMILES string of the molecule is C=CCCCN1CCC(c2nc(C(=O)Nc3ccccc3-c3ccc(Cl)cc3)cs2)CC1. The molecule has 166 valence electrons. The fraction of sp³-hybridized carbons (Fsp3) is 0.308. The molecule has 6 heteroatoms. The maximum atomic E-state index is 12.9. The third kappa shape index (κ3) is 5.66. The van der Waals surface area contributed by atoms with Crippen molar-refractivity contribution in [1.82, 2.24) is 9.88 Å². The zero-order valence-electron chi connectivity index (χ0n) is 18.1. The van der Waals surface area contributed by atoms with E-state index in [1.54, 1.807) is 11.3 Å². The Morgan fingerprint density at radius 3 is 2.69 bits per heavy atom. The van der Waals surface area contributed by atoms with Gasteiger partial charge in [0.25, 0.3) is 5.91 Å². The quantitative estimate of drug-likeness (QED) is 0.292. The van der Waals surface area contributed by atoms with Crippen molar-refractivity contribution in [3.63, 3.8) is 0 Å². The summed E-state index contributed by atoms with van der Waals surface area (Å²) in [6.45, 7) is 7.12. The first-order valence-electron chi connectivity index (χ1n) is 11.1. The van der Waals surface area contributed by atoms with Crippen molar-refractivity contribution >= 4 is 34.5 Å². The second kappa shape index (κ2) is 10.9. The molecule has 0 bridgehead atoms. The minimum absolute atomic E-state index is 0.171. The topological polar surface area (TPSA) is 45.2 Å². The predicted molar refractivity (Wildman–Crippen MR) is 135 cm³/mol. The largest absolute Gasteiger partial charge is 0.320 e. The number of hydrogen-bond donors (Lipinski definition) is 1. The molecule has 2 heterocycles. The van der Waals surface area contributed by atoms with Crippen LogP contribution in [-0.2, 0) is 0 Å². The molecular formula is C26H28ClN3OS. The number of thiazole rings is 1. The molecule has 1 amide bonds. The molecule has 0 radical (unpaired) electrons. The van der Waals surface area contributed by atoms with Crippen molar-refractivity contribution in [1.29, 1.82) is 0 Å². The average Bonchev–Trinajstić information content (AvgIpc) is 3.31. The van der Waals surface area contributed by atoms with E-state index in [4.69, 9.17) is 16.6 Å². The summed E-state index contributed by atoms with van der Waals surface area (Å²) >= 11 is 7.62. The van der Waals surface area contributed by atoms with Gasteiger partial charge in [0.05, 0.1) is 5.01 Å². The monoisotopic (exact) mass is 465 g/mol. The maximum Gasteiger partial charge on any atom is 0.275 e. The lowest BCUT2D eigenvalue weighted by atomic mass is 9.97. The lowest BCUT2D eigenvalue weighted by molar-refractivity contribution is 0.102. The Bertz CT molecular complexity index is 1050. The number of piperidine rings is 1. The standard InChI is InChI=1S/C26H28ClN3OS/c1-2-3-6-15-30-16-13-20(14-17-30)26-29-24(18-32-26)25(31)28-23-8-5-4-7-22(23)19-9-11-21(27)12-10-19/h2,4-5,7-12,18,20H,1,3,6,13-17H2,(H,28,31). The van der Waals surface area contributed by atoms with Gasteiger partial charge in [-0.25, -0.2) is 4.98 Å². The molecule has 0 spiro atoms. The first-order valence-corrected chi connectivity index (χ1v) is 12.3. The third-order valence-corrected chi connectivity index (χ3v) is 7.16. The summed E-state index contributed by atoms with van der Waals surface area (Å²) < 4.78 is 0. The van der Waals surface area contributed by atoms with E-state index in [1.807, 2.05) is 60.0 Å². The van der Waals surface area contributed by atoms with Crippen molar-refractivity contribution in [2.45, 2.75) is 31.6 Å². The fourth-order valence-corrected chi connectivity index (χ4v) is 5.20. The number of benzene rings is 2. The van der Waals surface area contributed by atoms with Crippen molar-refractivity contribution in [2.24, 2.45) is 0 Å². The highest BCUT2D eigenvalue weighted by atomic mass is 35.5. The lowest BCUT2D eigenvalue weighted by Crippen LogP contribution is -2.33. The number of likely N-dealkylation sites (tertiary alicyclic amines) is 1. The van der Waals surface area contributed by atoms with Crippen LogP contribution >= 0.6 is 22.9 Å². The van der Waals surface area contributed by atoms with Gasteiger partial charge in [-0.3, -0.25) is 4.79 Å². The van der Waals surface area contributed by atoms with E-state index in [-0.39, 0.29) is 5.91 Å². The van der Waals surface area contributed by atoms with Crippen molar-refractivity contribution < 1.29 is 4.79 Å². The van der Waals surface area contributed by atoms with Gasteiger partial charge in [-0.15, -0.1) is 17.9 Å². The predicted octanol–water partition coefficient (Wildman–Crippen LogP) is 6.86. The van der Waals surface area contributed by atoms with Gasteiger partial charge in [-0.2, -0.15) is 0 Å². The number of nitrogens with zero attached hydrogens (tertiary/aromatic N) is 2. The van der Waals surface area contributed by atoms with Gasteiger partial charge in [-0.1, -0.05) is 48.0 Å². The number of unbranched alkanes of at least 4 members (excludes halogenated alkanes) is 1. The number of nitrogens with one attached hydrogen (secondary N) is 1. The number of carbonyl (C=O) groups is 1. The van der Waals surface area contributed by atoms with Gasteiger partial charge in [-0.05, 0) is 69.1 Å². The number of carbonyl (C=O) groups excluding carboxylic acids is 1. The number of aromatic nitrogens is 1. The number of rotatable bonds is 8. The summed E-state index contributed by atoms with van der Waals surface area (Å²) in [6, 6.07) is 15.4. The number of anilines is 1. The van der Waals surface area contributed by atoms with Crippen LogP contribution in [0.2, 0.25) is 5.02 Å². The molecule has 0 aliphatic carbocycles. The van der Waals surface area contributed by atoms with Crippen LogP contribution in [0.5, 0.6) is 0 Å². The normalized spacial score (nSPS) is 14.9. The molecule has 0 saturated carbocycles. The Balaban J connectivity index is 1.39. The van der Waals surface area contributed by atoms with Crippen molar-refractivity contribution in [3.8, 4) is 11.1 Å². The van der Waals surface area contributed by atoms with Gasteiger partial charge < -0.3 is 10.2 Å². The zero-order chi connectivity index (χ0) is 22.3. The van der Waals surface area contributed by atoms with E-state index in [0.717, 1.165) is 60.7 Å². The highest BCUT2D eigenvalue weighted by molar-refractivity contribution is 7.10. The van der Waals surface area contributed by atoms with Gasteiger partial charge in [0.1, 0.15) is 5.69 Å². The summed E-state index contributed by atoms with van der Waals surface area (Å²) in [5.74, 6) is 0.273. The first-order chi connectivity index (χ1) is 15.6. The number of para-hydroxylation sites is 1. The van der Waals surface area contributed by atoms with Crippen LogP contribution < -0.4 is 5.32 Å². The second-order valence-electron chi connectivity index (χ2n) is 8.12. The molecule has 32 heavy (non-hydrogen) atoms. The van der Waals surface area contributed by atoms with Crippen molar-refractivity contribution in [2.75, 3.05) is 25.0 Å². The van der Waals surface area contributed by atoms with Crippen LogP contribution in [-0.4, -0.2) is 35.4 Å². The summed E-state index contributed by atoms with van der Waals surface area (Å²) in [4.78, 5) is 20.2. The Morgan fingerprint density at radius 1 is 1.19 bits per heavy atom. The summed E-state index contributed by atoms with van der Waals surface area (Å²) in [6.07, 6.45) is 6.44. The van der Waals surface area contributed by atoms with Crippen LogP contribution in [0.3, 0.4) is 0 Å². The van der Waals surface area contributed by atoms with Crippen LogP contribution in [0, 0.1) is 0 Å². The van der Waals surface area contributed by atoms with E-state index >= 15 is 0 Å². The zero-order valence-corrected chi connectivity index (χ0v) is 19.7. The fourth-order valence-electron chi connectivity index (χ4n) is 4.10. The molecule has 0 atom stereocenters. The molecule has 4 nitrogen and oxygen atoms in total. The molecule has 1 saturated heterocycles. The Kier molecular flexibility index (Phi) is 7.74. The molecule has 2 aromatic carbocycles. The first kappa shape index (κ1) is 22.7.